The number of benzene rings is 3. The van der Waals surface area contributed by atoms with E-state index in [9.17, 15) is 18.3 Å². The summed E-state index contributed by atoms with van der Waals surface area (Å²) in [6.45, 7) is 8.33. The van der Waals surface area contributed by atoms with Crippen molar-refractivity contribution in [3.05, 3.63) is 76.2 Å². The molecule has 1 atom stereocenters. The van der Waals surface area contributed by atoms with Gasteiger partial charge in [-0.15, -0.1) is 0 Å². The van der Waals surface area contributed by atoms with Crippen molar-refractivity contribution < 1.29 is 27.4 Å². The van der Waals surface area contributed by atoms with E-state index in [1.807, 2.05) is 20.8 Å². The van der Waals surface area contributed by atoms with Crippen molar-refractivity contribution in [2.24, 2.45) is 0 Å². The maximum absolute atomic E-state index is 15.3. The van der Waals surface area contributed by atoms with Crippen LogP contribution in [0.4, 0.5) is 20.8 Å². The first-order chi connectivity index (χ1) is 22.2. The van der Waals surface area contributed by atoms with E-state index in [-0.39, 0.29) is 33.3 Å². The molecule has 1 aliphatic heterocycles. The summed E-state index contributed by atoms with van der Waals surface area (Å²) in [6, 6.07) is 11.0. The molecule has 1 fully saturated rings. The molecule has 1 aromatic heterocycles. The van der Waals surface area contributed by atoms with Gasteiger partial charge >= 0.3 is 6.09 Å². The summed E-state index contributed by atoms with van der Waals surface area (Å²) in [5.41, 5.74) is 2.57. The van der Waals surface area contributed by atoms with E-state index in [1.54, 1.807) is 42.3 Å². The number of anilines is 2. The summed E-state index contributed by atoms with van der Waals surface area (Å²) in [5.74, 6) is -0.0479. The van der Waals surface area contributed by atoms with Crippen molar-refractivity contribution >= 4 is 50.3 Å². The van der Waals surface area contributed by atoms with Crippen LogP contribution in [0.15, 0.2) is 53.6 Å². The molecule has 2 aliphatic rings. The number of aromatic nitrogens is 2. The Balaban J connectivity index is 1.19. The molecule has 0 saturated carbocycles. The molecule has 0 bridgehead atoms. The van der Waals surface area contributed by atoms with Crippen molar-refractivity contribution in [2.45, 2.75) is 76.0 Å². The molecule has 0 radical (unpaired) electrons. The summed E-state index contributed by atoms with van der Waals surface area (Å²) in [7, 11) is -4.11. The van der Waals surface area contributed by atoms with Crippen molar-refractivity contribution in [3.63, 3.8) is 0 Å². The first-order valence-corrected chi connectivity index (χ1v) is 17.4. The highest BCUT2D eigenvalue weighted by Gasteiger charge is 2.30. The van der Waals surface area contributed by atoms with Crippen LogP contribution in [0.2, 0.25) is 5.02 Å². The van der Waals surface area contributed by atoms with Gasteiger partial charge in [-0.25, -0.2) is 27.6 Å². The van der Waals surface area contributed by atoms with Crippen LogP contribution in [0.1, 0.15) is 62.8 Å². The third-order valence-corrected chi connectivity index (χ3v) is 10.2. The molecular weight excluding hydrogens is 645 g/mol. The number of carbonyl (C=O) groups is 1. The highest BCUT2D eigenvalue weighted by molar-refractivity contribution is 7.92. The lowest BCUT2D eigenvalue weighted by atomic mass is 9.97. The zero-order chi connectivity index (χ0) is 33.7. The third kappa shape index (κ3) is 7.00. The second-order valence-electron chi connectivity index (χ2n) is 13.1. The van der Waals surface area contributed by atoms with E-state index < -0.39 is 27.5 Å². The Hall–Kier alpha value is -4.00. The highest BCUT2D eigenvalue weighted by Crippen LogP contribution is 2.39. The highest BCUT2D eigenvalue weighted by atomic mass is 35.5. The number of amides is 1. The number of hydrogen-bond donors (Lipinski definition) is 3. The Morgan fingerprint density at radius 3 is 2.57 bits per heavy atom. The summed E-state index contributed by atoms with van der Waals surface area (Å²) >= 11 is 6.22. The fraction of sp³-hybridized carbons (Fsp3) is 0.382. The van der Waals surface area contributed by atoms with Crippen molar-refractivity contribution in [3.8, 4) is 11.1 Å². The number of ether oxygens (including phenoxy) is 1. The Morgan fingerprint density at radius 2 is 1.85 bits per heavy atom. The van der Waals surface area contributed by atoms with E-state index in [1.165, 1.54) is 18.2 Å². The lowest BCUT2D eigenvalue weighted by Gasteiger charge is -2.33. The van der Waals surface area contributed by atoms with Gasteiger partial charge in [-0.05, 0) is 112 Å². The predicted octanol–water partition coefficient (Wildman–Crippen LogP) is 6.99. The van der Waals surface area contributed by atoms with Gasteiger partial charge in [0.15, 0.2) is 0 Å². The summed E-state index contributed by atoms with van der Waals surface area (Å²) in [5, 5.41) is 14.6. The van der Waals surface area contributed by atoms with Crippen molar-refractivity contribution in [2.75, 3.05) is 23.1 Å². The second kappa shape index (κ2) is 12.6. The van der Waals surface area contributed by atoms with Crippen LogP contribution in [-0.2, 0) is 21.2 Å². The minimum atomic E-state index is -4.11. The molecule has 2 heterocycles. The summed E-state index contributed by atoms with van der Waals surface area (Å²) in [4.78, 5) is 23.2. The molecule has 1 saturated heterocycles. The Bertz CT molecular complexity index is 1980. The molecule has 4 aromatic rings. The SMILES string of the molecule is Cc1c(NS(=O)(=O)c2cc(Cl)cc3c2CCC3O)ccc(F)c1-c1ccc2nc(NC3CCN(C(=O)OC(C)(C)C)CC3)ncc2c1. The van der Waals surface area contributed by atoms with E-state index in [4.69, 9.17) is 16.3 Å². The number of hydrogen-bond acceptors (Lipinski definition) is 8. The maximum atomic E-state index is 15.3. The van der Waals surface area contributed by atoms with Crippen LogP contribution in [0.3, 0.4) is 0 Å². The van der Waals surface area contributed by atoms with Crippen LogP contribution >= 0.6 is 11.6 Å². The third-order valence-electron chi connectivity index (χ3n) is 8.53. The van der Waals surface area contributed by atoms with E-state index in [2.05, 4.69) is 20.0 Å². The number of carbonyl (C=O) groups excluding carboxylic acids is 1. The molecule has 0 spiro atoms. The fourth-order valence-electron chi connectivity index (χ4n) is 6.19. The van der Waals surface area contributed by atoms with Crippen molar-refractivity contribution in [1.82, 2.24) is 14.9 Å². The van der Waals surface area contributed by atoms with Gasteiger partial charge in [0.1, 0.15) is 11.4 Å². The molecular formula is C34H37ClFN5O5S. The number of sulfonamides is 1. The molecule has 248 valence electrons. The van der Waals surface area contributed by atoms with Crippen LogP contribution < -0.4 is 10.0 Å². The zero-order valence-corrected chi connectivity index (χ0v) is 28.2. The first-order valence-electron chi connectivity index (χ1n) is 15.5. The zero-order valence-electron chi connectivity index (χ0n) is 26.6. The Labute approximate surface area is 278 Å². The second-order valence-corrected chi connectivity index (χ2v) is 15.2. The molecule has 3 N–H and O–H groups in total. The number of piperidine rings is 1. The first kappa shape index (κ1) is 32.9. The topological polar surface area (TPSA) is 134 Å². The minimum Gasteiger partial charge on any atom is -0.444 e. The van der Waals surface area contributed by atoms with Crippen LogP contribution in [0, 0.1) is 12.7 Å². The normalized spacial score (nSPS) is 17.1. The average molecular weight is 682 g/mol. The standard InChI is InChI=1S/C34H37ClFN5O5S/c1-19-27(40-47(44,45)30-17-22(35)16-25-24(30)6-10-29(25)42)9-7-26(36)31(19)20-5-8-28-21(15-20)18-37-32(39-28)38-23-11-13-41(14-12-23)33(43)46-34(2,3)4/h5,7-9,15-18,23,29,40,42H,6,10-14H2,1-4H3,(H,37,38,39). The molecule has 1 unspecified atom stereocenters. The monoisotopic (exact) mass is 681 g/mol. The number of likely N-dealkylation sites (tertiary alicyclic amines) is 1. The number of rotatable bonds is 6. The van der Waals surface area contributed by atoms with Gasteiger partial charge in [-0.1, -0.05) is 17.7 Å². The van der Waals surface area contributed by atoms with Crippen LogP contribution in [-0.4, -0.2) is 59.2 Å². The maximum Gasteiger partial charge on any atom is 0.410 e. The minimum absolute atomic E-state index is 0.00249. The molecule has 13 heteroatoms. The molecule has 1 aliphatic carbocycles. The van der Waals surface area contributed by atoms with Crippen molar-refractivity contribution in [1.29, 1.82) is 0 Å². The average Bonchev–Trinajstić information content (AvgIpc) is 3.37. The predicted molar refractivity (Wildman–Crippen MR) is 180 cm³/mol. The summed E-state index contributed by atoms with van der Waals surface area (Å²) < 4.78 is 50.6. The van der Waals surface area contributed by atoms with E-state index in [0.717, 1.165) is 12.8 Å². The molecule has 6 rings (SSSR count). The lowest BCUT2D eigenvalue weighted by molar-refractivity contribution is 0.0210. The summed E-state index contributed by atoms with van der Waals surface area (Å²) in [6.07, 6.45) is 2.84. The number of nitrogens with one attached hydrogen (secondary N) is 2. The smallest absolute Gasteiger partial charge is 0.410 e. The number of fused-ring (bicyclic) bond motifs is 2. The molecule has 1 amide bonds. The van der Waals surface area contributed by atoms with Crippen LogP contribution in [0.5, 0.6) is 0 Å². The molecule has 47 heavy (non-hydrogen) atoms. The van der Waals surface area contributed by atoms with Gasteiger partial charge < -0.3 is 20.1 Å². The largest absolute Gasteiger partial charge is 0.444 e. The fourth-order valence-corrected chi connectivity index (χ4v) is 7.93. The van der Waals surface area contributed by atoms with Gasteiger partial charge in [0.2, 0.25) is 5.95 Å². The van der Waals surface area contributed by atoms with Gasteiger partial charge in [0.25, 0.3) is 10.0 Å². The van der Waals surface area contributed by atoms with Gasteiger partial charge in [0.05, 0.1) is 22.2 Å². The van der Waals surface area contributed by atoms with E-state index >= 15 is 4.39 Å². The number of nitrogens with zero attached hydrogens (tertiary/aromatic N) is 3. The molecule has 10 nitrogen and oxygen atoms in total. The lowest BCUT2D eigenvalue weighted by Crippen LogP contribution is -2.44. The van der Waals surface area contributed by atoms with E-state index in [0.29, 0.717) is 65.0 Å². The number of aliphatic hydroxyl groups excluding tert-OH is 1. The van der Waals surface area contributed by atoms with Crippen LogP contribution in [0.25, 0.3) is 22.0 Å². The van der Waals surface area contributed by atoms with Gasteiger partial charge in [-0.3, -0.25) is 4.72 Å². The van der Waals surface area contributed by atoms with Gasteiger partial charge in [-0.2, -0.15) is 0 Å². The van der Waals surface area contributed by atoms with Gasteiger partial charge in [0, 0.05) is 41.3 Å². The molecule has 3 aromatic carbocycles. The number of halogens is 2. The Kier molecular flexibility index (Phi) is 8.79. The number of aliphatic hydroxyl groups is 1. The Morgan fingerprint density at radius 1 is 1.11 bits per heavy atom. The quantitative estimate of drug-likeness (QED) is 0.198.